The Kier molecular flexibility index (Phi) is 5.19. The minimum atomic E-state index is -0.0575. The van der Waals surface area contributed by atoms with Crippen molar-refractivity contribution in [3.8, 4) is 11.5 Å². The summed E-state index contributed by atoms with van der Waals surface area (Å²) in [6.07, 6.45) is 1.81. The first-order chi connectivity index (χ1) is 13.6. The van der Waals surface area contributed by atoms with Crippen LogP contribution in [0, 0.1) is 6.92 Å². The molecule has 1 aliphatic heterocycles. The predicted octanol–water partition coefficient (Wildman–Crippen LogP) is 4.65. The van der Waals surface area contributed by atoms with Crippen LogP contribution >= 0.6 is 23.6 Å². The maximum absolute atomic E-state index is 5.77. The number of thiophene rings is 1. The molecular weight excluding hydrogens is 390 g/mol. The number of methoxy groups -OCH3 is 2. The lowest BCUT2D eigenvalue weighted by Gasteiger charge is -2.29. The Morgan fingerprint density at radius 3 is 2.64 bits per heavy atom. The van der Waals surface area contributed by atoms with Gasteiger partial charge in [0.2, 0.25) is 0 Å². The van der Waals surface area contributed by atoms with E-state index < -0.39 is 0 Å². The molecule has 0 bridgehead atoms. The van der Waals surface area contributed by atoms with E-state index in [0.717, 1.165) is 17.1 Å². The summed E-state index contributed by atoms with van der Waals surface area (Å²) in [4.78, 5) is 7.97. The van der Waals surface area contributed by atoms with Crippen molar-refractivity contribution in [2.45, 2.75) is 19.0 Å². The molecule has 2 atom stereocenters. The summed E-state index contributed by atoms with van der Waals surface area (Å²) in [6.45, 7) is 2.13. The molecule has 0 saturated carbocycles. The van der Waals surface area contributed by atoms with Crippen molar-refractivity contribution in [3.05, 3.63) is 70.2 Å². The number of benzene rings is 1. The van der Waals surface area contributed by atoms with Crippen LogP contribution in [0.5, 0.6) is 11.5 Å². The smallest absolute Gasteiger partial charge is 0.174 e. The van der Waals surface area contributed by atoms with E-state index in [1.807, 2.05) is 42.6 Å². The minimum absolute atomic E-state index is 0.0234. The fraction of sp³-hybridized carbons (Fsp3) is 0.238. The van der Waals surface area contributed by atoms with Gasteiger partial charge in [0, 0.05) is 17.1 Å². The van der Waals surface area contributed by atoms with Crippen molar-refractivity contribution < 1.29 is 9.47 Å². The molecule has 5 nitrogen and oxygen atoms in total. The fourth-order valence-corrected chi connectivity index (χ4v) is 4.94. The maximum atomic E-state index is 5.77. The Balaban J connectivity index is 1.86. The quantitative estimate of drug-likeness (QED) is 0.617. The molecule has 7 heteroatoms. The van der Waals surface area contributed by atoms with Gasteiger partial charge in [-0.2, -0.15) is 0 Å². The number of hydrogen-bond acceptors (Lipinski definition) is 5. The average Bonchev–Trinajstić information content (AvgIpc) is 3.30. The Morgan fingerprint density at radius 1 is 1.14 bits per heavy atom. The lowest BCUT2D eigenvalue weighted by Crippen LogP contribution is -2.29. The van der Waals surface area contributed by atoms with Crippen LogP contribution in [0.25, 0.3) is 0 Å². The van der Waals surface area contributed by atoms with Crippen molar-refractivity contribution in [2.24, 2.45) is 0 Å². The third-order valence-corrected chi connectivity index (χ3v) is 6.32. The van der Waals surface area contributed by atoms with Crippen LogP contribution in [0.2, 0.25) is 0 Å². The van der Waals surface area contributed by atoms with Gasteiger partial charge < -0.3 is 19.7 Å². The molecule has 1 N–H and O–H groups in total. The Hall–Kier alpha value is -2.64. The van der Waals surface area contributed by atoms with Crippen LogP contribution in [-0.4, -0.2) is 24.3 Å². The zero-order valence-corrected chi connectivity index (χ0v) is 17.5. The molecular formula is C21H21N3O2S2. The van der Waals surface area contributed by atoms with Crippen LogP contribution in [0.3, 0.4) is 0 Å². The Bertz CT molecular complexity index is 990. The molecule has 4 rings (SSSR count). The minimum Gasteiger partial charge on any atom is -0.497 e. The van der Waals surface area contributed by atoms with Crippen LogP contribution in [0.15, 0.2) is 54.0 Å². The standard InChI is InChI=1S/C21H21N3O2S2/c1-13-9-11-28-20(13)19-18(15-6-4-5-10-22-15)23-21(27)24(19)16-8-7-14(25-2)12-17(16)26-3/h4-12,18-19H,1-3H3,(H,23,27)/t18-,19+/m1/s1. The number of nitrogens with zero attached hydrogens (tertiary/aromatic N) is 2. The van der Waals surface area contributed by atoms with Gasteiger partial charge in [0.15, 0.2) is 5.11 Å². The van der Waals surface area contributed by atoms with E-state index in [1.165, 1.54) is 10.4 Å². The zero-order chi connectivity index (χ0) is 19.7. The molecule has 1 aliphatic rings. The second kappa shape index (κ2) is 7.77. The summed E-state index contributed by atoms with van der Waals surface area (Å²) < 4.78 is 11.0. The van der Waals surface area contributed by atoms with Gasteiger partial charge in [-0.15, -0.1) is 11.3 Å². The molecule has 0 amide bonds. The van der Waals surface area contributed by atoms with Crippen LogP contribution in [-0.2, 0) is 0 Å². The van der Waals surface area contributed by atoms with Crippen LogP contribution in [0.1, 0.15) is 28.2 Å². The van der Waals surface area contributed by atoms with Gasteiger partial charge in [-0.3, -0.25) is 4.98 Å². The zero-order valence-electron chi connectivity index (χ0n) is 15.9. The van der Waals surface area contributed by atoms with E-state index in [1.54, 1.807) is 25.6 Å². The molecule has 1 saturated heterocycles. The molecule has 3 aromatic rings. The third kappa shape index (κ3) is 3.21. The van der Waals surface area contributed by atoms with Gasteiger partial charge in [0.05, 0.1) is 37.7 Å². The first-order valence-corrected chi connectivity index (χ1v) is 10.2. The maximum Gasteiger partial charge on any atom is 0.174 e. The lowest BCUT2D eigenvalue weighted by atomic mass is 10.0. The van der Waals surface area contributed by atoms with Gasteiger partial charge in [-0.1, -0.05) is 6.07 Å². The van der Waals surface area contributed by atoms with Gasteiger partial charge in [0.25, 0.3) is 0 Å². The van der Waals surface area contributed by atoms with Crippen molar-refractivity contribution in [1.29, 1.82) is 0 Å². The van der Waals surface area contributed by atoms with Crippen molar-refractivity contribution in [2.75, 3.05) is 19.1 Å². The van der Waals surface area contributed by atoms with E-state index >= 15 is 0 Å². The van der Waals surface area contributed by atoms with Crippen molar-refractivity contribution in [3.63, 3.8) is 0 Å². The largest absolute Gasteiger partial charge is 0.497 e. The van der Waals surface area contributed by atoms with E-state index in [9.17, 15) is 0 Å². The van der Waals surface area contributed by atoms with Gasteiger partial charge in [-0.05, 0) is 60.4 Å². The van der Waals surface area contributed by atoms with Gasteiger partial charge >= 0.3 is 0 Å². The third-order valence-electron chi connectivity index (χ3n) is 4.91. The molecule has 28 heavy (non-hydrogen) atoms. The summed E-state index contributed by atoms with van der Waals surface area (Å²) in [5.41, 5.74) is 3.09. The average molecular weight is 412 g/mol. The van der Waals surface area contributed by atoms with E-state index in [0.29, 0.717) is 10.9 Å². The predicted molar refractivity (Wildman–Crippen MR) is 117 cm³/mol. The van der Waals surface area contributed by atoms with E-state index in [4.69, 9.17) is 21.7 Å². The molecule has 3 heterocycles. The van der Waals surface area contributed by atoms with E-state index in [2.05, 4.69) is 33.6 Å². The number of thiocarbonyl (C=S) groups is 1. The fourth-order valence-electron chi connectivity index (χ4n) is 3.55. The first-order valence-electron chi connectivity index (χ1n) is 8.90. The van der Waals surface area contributed by atoms with E-state index in [-0.39, 0.29) is 12.1 Å². The number of aromatic nitrogens is 1. The number of pyridine rings is 1. The summed E-state index contributed by atoms with van der Waals surface area (Å²) in [7, 11) is 3.30. The SMILES string of the molecule is COc1ccc(N2C(=S)N[C@H](c3ccccn3)[C@H]2c2sccc2C)c(OC)c1. The molecule has 0 spiro atoms. The van der Waals surface area contributed by atoms with Crippen molar-refractivity contribution >= 4 is 34.4 Å². The van der Waals surface area contributed by atoms with Crippen LogP contribution in [0.4, 0.5) is 5.69 Å². The Labute approximate surface area is 173 Å². The molecule has 2 aromatic heterocycles. The molecule has 0 unspecified atom stereocenters. The number of ether oxygens (including phenoxy) is 2. The van der Waals surface area contributed by atoms with Gasteiger partial charge in [-0.25, -0.2) is 0 Å². The highest BCUT2D eigenvalue weighted by molar-refractivity contribution is 7.80. The summed E-state index contributed by atoms with van der Waals surface area (Å²) >= 11 is 7.50. The highest BCUT2D eigenvalue weighted by atomic mass is 32.1. The van der Waals surface area contributed by atoms with Crippen LogP contribution < -0.4 is 19.7 Å². The number of aryl methyl sites for hydroxylation is 1. The van der Waals surface area contributed by atoms with Gasteiger partial charge in [0.1, 0.15) is 11.5 Å². The molecule has 1 fully saturated rings. The monoisotopic (exact) mass is 411 g/mol. The number of rotatable bonds is 5. The topological polar surface area (TPSA) is 46.6 Å². The summed E-state index contributed by atoms with van der Waals surface area (Å²) in [6, 6.07) is 13.8. The molecule has 144 valence electrons. The molecule has 1 aromatic carbocycles. The molecule has 0 aliphatic carbocycles. The summed E-state index contributed by atoms with van der Waals surface area (Å²) in [5.74, 6) is 1.45. The number of hydrogen-bond donors (Lipinski definition) is 1. The Morgan fingerprint density at radius 2 is 2.00 bits per heavy atom. The normalized spacial score (nSPS) is 18.8. The van der Waals surface area contributed by atoms with Crippen molar-refractivity contribution in [1.82, 2.24) is 10.3 Å². The second-order valence-corrected chi connectivity index (χ2v) is 7.84. The highest BCUT2D eigenvalue weighted by Crippen LogP contribution is 2.47. The number of nitrogens with one attached hydrogen (secondary N) is 1. The summed E-state index contributed by atoms with van der Waals surface area (Å²) in [5, 5.41) is 6.24. The second-order valence-electron chi connectivity index (χ2n) is 6.50. The lowest BCUT2D eigenvalue weighted by molar-refractivity contribution is 0.394. The molecule has 0 radical (unpaired) electrons. The number of anilines is 1. The first kappa shape index (κ1) is 18.7. The highest BCUT2D eigenvalue weighted by Gasteiger charge is 2.42.